The van der Waals surface area contributed by atoms with Crippen LogP contribution in [0.4, 0.5) is 0 Å². The smallest absolute Gasteiger partial charge is 0.166 e. The Hall–Kier alpha value is -1.10. The molecule has 112 valence electrons. The van der Waals surface area contributed by atoms with Gasteiger partial charge in [0.05, 0.1) is 6.33 Å². The molecule has 0 saturated heterocycles. The number of aryl methyl sites for hydroxylation is 1. The predicted molar refractivity (Wildman–Crippen MR) is 86.5 cm³/mol. The molecule has 3 atom stereocenters. The van der Waals surface area contributed by atoms with Gasteiger partial charge in [0.1, 0.15) is 0 Å². The van der Waals surface area contributed by atoms with Crippen LogP contribution in [0.3, 0.4) is 0 Å². The summed E-state index contributed by atoms with van der Waals surface area (Å²) in [7, 11) is 0. The van der Waals surface area contributed by atoms with Crippen molar-refractivity contribution in [2.45, 2.75) is 52.1 Å². The molecule has 5 heteroatoms. The number of rotatable bonds is 5. The fraction of sp³-hybridized carbons (Fsp3) is 0.733. The third-order valence-electron chi connectivity index (χ3n) is 4.46. The second kappa shape index (κ2) is 7.62. The first kappa shape index (κ1) is 15.3. The van der Waals surface area contributed by atoms with E-state index in [0.717, 1.165) is 30.5 Å². The van der Waals surface area contributed by atoms with Crippen molar-refractivity contribution in [1.29, 1.82) is 0 Å². The summed E-state index contributed by atoms with van der Waals surface area (Å²) < 4.78 is 2.09. The molecule has 1 aliphatic carbocycles. The van der Waals surface area contributed by atoms with Crippen molar-refractivity contribution in [1.82, 2.24) is 20.2 Å². The SMILES string of the molecule is CC1CCCC(NC(=S)NCCCn2ccnc2)C1C. The van der Waals surface area contributed by atoms with Crippen molar-refractivity contribution in [3.05, 3.63) is 18.7 Å². The molecule has 0 bridgehead atoms. The lowest BCUT2D eigenvalue weighted by molar-refractivity contribution is 0.224. The van der Waals surface area contributed by atoms with Gasteiger partial charge in [-0.05, 0) is 36.9 Å². The summed E-state index contributed by atoms with van der Waals surface area (Å²) in [5, 5.41) is 7.62. The van der Waals surface area contributed by atoms with E-state index < -0.39 is 0 Å². The van der Waals surface area contributed by atoms with Crippen LogP contribution in [0, 0.1) is 11.8 Å². The highest BCUT2D eigenvalue weighted by molar-refractivity contribution is 7.80. The Bertz CT molecular complexity index is 404. The Morgan fingerprint density at radius 2 is 2.25 bits per heavy atom. The zero-order valence-corrected chi connectivity index (χ0v) is 13.3. The lowest BCUT2D eigenvalue weighted by Crippen LogP contribution is -2.47. The minimum atomic E-state index is 0.535. The summed E-state index contributed by atoms with van der Waals surface area (Å²) in [5.74, 6) is 1.50. The molecule has 0 aliphatic heterocycles. The maximum atomic E-state index is 5.40. The third-order valence-corrected chi connectivity index (χ3v) is 4.72. The van der Waals surface area contributed by atoms with Crippen molar-refractivity contribution in [3.63, 3.8) is 0 Å². The monoisotopic (exact) mass is 294 g/mol. The van der Waals surface area contributed by atoms with Crippen molar-refractivity contribution < 1.29 is 0 Å². The standard InChI is InChI=1S/C15H26N4S/c1-12-5-3-6-14(13(12)2)18-15(20)17-7-4-9-19-10-8-16-11-19/h8,10-14H,3-7,9H2,1-2H3,(H2,17,18,20). The van der Waals surface area contributed by atoms with Crippen LogP contribution < -0.4 is 10.6 Å². The minimum Gasteiger partial charge on any atom is -0.363 e. The van der Waals surface area contributed by atoms with Crippen molar-refractivity contribution in [2.24, 2.45) is 11.8 Å². The summed E-state index contributed by atoms with van der Waals surface area (Å²) >= 11 is 5.40. The Morgan fingerprint density at radius 3 is 3.00 bits per heavy atom. The van der Waals surface area contributed by atoms with E-state index in [1.54, 1.807) is 0 Å². The summed E-state index contributed by atoms with van der Waals surface area (Å²) in [5.41, 5.74) is 0. The second-order valence-corrected chi connectivity index (χ2v) is 6.34. The fourth-order valence-corrected chi connectivity index (χ4v) is 3.14. The molecule has 3 unspecified atom stereocenters. The number of imidazole rings is 1. The van der Waals surface area contributed by atoms with Gasteiger partial charge in [-0.3, -0.25) is 0 Å². The Balaban J connectivity index is 1.62. The van der Waals surface area contributed by atoms with Gasteiger partial charge in [0.25, 0.3) is 0 Å². The number of hydrogen-bond acceptors (Lipinski definition) is 2. The first-order valence-electron chi connectivity index (χ1n) is 7.67. The van der Waals surface area contributed by atoms with Crippen LogP contribution in [0.1, 0.15) is 39.5 Å². The normalized spacial score (nSPS) is 26.2. The van der Waals surface area contributed by atoms with Gasteiger partial charge in [-0.25, -0.2) is 4.98 Å². The lowest BCUT2D eigenvalue weighted by atomic mass is 9.78. The summed E-state index contributed by atoms with van der Waals surface area (Å²) in [4.78, 5) is 4.03. The van der Waals surface area contributed by atoms with Gasteiger partial charge in [-0.2, -0.15) is 0 Å². The molecule has 1 heterocycles. The highest BCUT2D eigenvalue weighted by Crippen LogP contribution is 2.29. The van der Waals surface area contributed by atoms with Gasteiger partial charge < -0.3 is 15.2 Å². The van der Waals surface area contributed by atoms with Crippen LogP contribution in [0.15, 0.2) is 18.7 Å². The molecule has 20 heavy (non-hydrogen) atoms. The molecule has 1 aromatic heterocycles. The molecule has 0 aromatic carbocycles. The number of hydrogen-bond donors (Lipinski definition) is 2. The molecule has 0 radical (unpaired) electrons. The fourth-order valence-electron chi connectivity index (χ4n) is 2.89. The zero-order chi connectivity index (χ0) is 14.4. The van der Waals surface area contributed by atoms with E-state index in [2.05, 4.69) is 34.0 Å². The van der Waals surface area contributed by atoms with Crippen LogP contribution in [-0.4, -0.2) is 27.3 Å². The van der Waals surface area contributed by atoms with Crippen LogP contribution in [0.5, 0.6) is 0 Å². The van der Waals surface area contributed by atoms with Crippen LogP contribution in [-0.2, 0) is 6.54 Å². The van der Waals surface area contributed by atoms with Gasteiger partial charge in [0, 0.05) is 31.5 Å². The largest absolute Gasteiger partial charge is 0.363 e. The average molecular weight is 294 g/mol. The molecule has 2 rings (SSSR count). The van der Waals surface area contributed by atoms with Gasteiger partial charge in [-0.1, -0.05) is 26.7 Å². The molecule has 2 N–H and O–H groups in total. The van der Waals surface area contributed by atoms with Crippen LogP contribution in [0.25, 0.3) is 0 Å². The molecule has 0 spiro atoms. The summed E-state index contributed by atoms with van der Waals surface area (Å²) in [6.07, 6.45) is 10.6. The predicted octanol–water partition coefficient (Wildman–Crippen LogP) is 2.56. The number of nitrogens with zero attached hydrogens (tertiary/aromatic N) is 2. The van der Waals surface area contributed by atoms with Crippen molar-refractivity contribution >= 4 is 17.3 Å². The molecule has 1 saturated carbocycles. The van der Waals surface area contributed by atoms with Crippen molar-refractivity contribution in [3.8, 4) is 0 Å². The van der Waals surface area contributed by atoms with Gasteiger partial charge in [-0.15, -0.1) is 0 Å². The Morgan fingerprint density at radius 1 is 1.40 bits per heavy atom. The van der Waals surface area contributed by atoms with E-state index in [-0.39, 0.29) is 0 Å². The molecule has 1 aromatic rings. The van der Waals surface area contributed by atoms with Gasteiger partial charge in [0.2, 0.25) is 0 Å². The van der Waals surface area contributed by atoms with E-state index in [1.807, 2.05) is 18.7 Å². The number of nitrogens with one attached hydrogen (secondary N) is 2. The Labute approximate surface area is 127 Å². The average Bonchev–Trinajstić information content (AvgIpc) is 2.93. The van der Waals surface area contributed by atoms with Crippen molar-refractivity contribution in [2.75, 3.05) is 6.54 Å². The highest BCUT2D eigenvalue weighted by Gasteiger charge is 2.27. The topological polar surface area (TPSA) is 41.9 Å². The summed E-state index contributed by atoms with van der Waals surface area (Å²) in [6, 6.07) is 0.535. The maximum Gasteiger partial charge on any atom is 0.166 e. The Kier molecular flexibility index (Phi) is 5.83. The quantitative estimate of drug-likeness (QED) is 0.647. The van der Waals surface area contributed by atoms with Crippen LogP contribution >= 0.6 is 12.2 Å². The molecular formula is C15H26N4S. The molecule has 0 amide bonds. The first-order valence-corrected chi connectivity index (χ1v) is 8.07. The number of aromatic nitrogens is 2. The molecule has 1 fully saturated rings. The van der Waals surface area contributed by atoms with Gasteiger partial charge >= 0.3 is 0 Å². The number of thiocarbonyl (C=S) groups is 1. The van der Waals surface area contributed by atoms with E-state index in [4.69, 9.17) is 12.2 Å². The van der Waals surface area contributed by atoms with E-state index in [1.165, 1.54) is 19.3 Å². The lowest BCUT2D eigenvalue weighted by Gasteiger charge is -2.35. The second-order valence-electron chi connectivity index (χ2n) is 5.93. The minimum absolute atomic E-state index is 0.535. The molecule has 4 nitrogen and oxygen atoms in total. The maximum absolute atomic E-state index is 5.40. The van der Waals surface area contributed by atoms with Gasteiger partial charge in [0.15, 0.2) is 5.11 Å². The highest BCUT2D eigenvalue weighted by atomic mass is 32.1. The molecule has 1 aliphatic rings. The van der Waals surface area contributed by atoms with E-state index >= 15 is 0 Å². The van der Waals surface area contributed by atoms with Crippen LogP contribution in [0.2, 0.25) is 0 Å². The van der Waals surface area contributed by atoms with E-state index in [0.29, 0.717) is 12.0 Å². The summed E-state index contributed by atoms with van der Waals surface area (Å²) in [6.45, 7) is 6.57. The van der Waals surface area contributed by atoms with E-state index in [9.17, 15) is 0 Å². The third kappa shape index (κ3) is 4.47. The zero-order valence-electron chi connectivity index (χ0n) is 12.5. The molecular weight excluding hydrogens is 268 g/mol. The first-order chi connectivity index (χ1) is 9.66.